The van der Waals surface area contributed by atoms with Gasteiger partial charge in [0.15, 0.2) is 0 Å². The number of carbonyl (C=O) groups is 2. The minimum Gasteiger partial charge on any atom is -0.465 e. The predicted octanol–water partition coefficient (Wildman–Crippen LogP) is 5.53. The normalized spacial score (nSPS) is 14.0. The van der Waals surface area contributed by atoms with Gasteiger partial charge in [0.25, 0.3) is 0 Å². The second-order valence-electron chi connectivity index (χ2n) is 7.25. The van der Waals surface area contributed by atoms with E-state index in [1.54, 1.807) is 6.92 Å². The zero-order chi connectivity index (χ0) is 19.1. The van der Waals surface area contributed by atoms with Gasteiger partial charge in [0.05, 0.1) is 25.6 Å². The van der Waals surface area contributed by atoms with E-state index < -0.39 is 5.92 Å². The van der Waals surface area contributed by atoms with Crippen LogP contribution < -0.4 is 0 Å². The molecular formula is C21H40AgO4+. The third-order valence-electron chi connectivity index (χ3n) is 4.90. The van der Waals surface area contributed by atoms with Gasteiger partial charge in [-0.15, -0.1) is 0 Å². The molecule has 3 atom stereocenters. The monoisotopic (exact) mass is 463 g/mol. The fourth-order valence-electron chi connectivity index (χ4n) is 2.74. The Balaban J connectivity index is 0. The van der Waals surface area contributed by atoms with E-state index in [0.717, 1.165) is 51.4 Å². The molecular weight excluding hydrogens is 424 g/mol. The van der Waals surface area contributed by atoms with Crippen LogP contribution in [-0.2, 0) is 41.4 Å². The average Bonchev–Trinajstić information content (AvgIpc) is 2.61. The molecule has 0 fully saturated rings. The number of unbranched alkanes of at least 4 members (excludes halogenated alkanes) is 2. The standard InChI is InChI=1S/C21H40O4.Ag/c1-6-10-12-18(8-3)15-24-20(22)14-17(5)21(23)25-16-19(9-4)13-11-7-2;/h17-19H,6-16H2,1-5H3;/q;+1. The predicted molar refractivity (Wildman–Crippen MR) is 102 cm³/mol. The van der Waals surface area contributed by atoms with Crippen LogP contribution in [0.25, 0.3) is 0 Å². The number of hydrogen-bond acceptors (Lipinski definition) is 4. The maximum absolute atomic E-state index is 12.1. The first-order valence-electron chi connectivity index (χ1n) is 10.3. The second kappa shape index (κ2) is 18.1. The smallest absolute Gasteiger partial charge is 0.465 e. The summed E-state index contributed by atoms with van der Waals surface area (Å²) in [6.07, 6.45) is 8.95. The van der Waals surface area contributed by atoms with E-state index in [2.05, 4.69) is 27.7 Å². The molecule has 0 aromatic heterocycles. The van der Waals surface area contributed by atoms with Crippen LogP contribution in [0.5, 0.6) is 0 Å². The average molecular weight is 464 g/mol. The molecule has 0 saturated heterocycles. The van der Waals surface area contributed by atoms with Crippen LogP contribution in [0.4, 0.5) is 0 Å². The maximum Gasteiger partial charge on any atom is 1.00 e. The van der Waals surface area contributed by atoms with Crippen LogP contribution in [-0.4, -0.2) is 25.2 Å². The Hall–Kier alpha value is -0.320. The molecule has 0 N–H and O–H groups in total. The van der Waals surface area contributed by atoms with Crippen molar-refractivity contribution < 1.29 is 41.4 Å². The summed E-state index contributed by atoms with van der Waals surface area (Å²) in [5.41, 5.74) is 0. The summed E-state index contributed by atoms with van der Waals surface area (Å²) in [6.45, 7) is 11.2. The van der Waals surface area contributed by atoms with Gasteiger partial charge in [-0.3, -0.25) is 9.59 Å². The molecule has 158 valence electrons. The van der Waals surface area contributed by atoms with E-state index in [0.29, 0.717) is 25.0 Å². The summed E-state index contributed by atoms with van der Waals surface area (Å²) in [5, 5.41) is 0. The largest absolute Gasteiger partial charge is 1.00 e. The molecule has 0 aliphatic heterocycles. The van der Waals surface area contributed by atoms with Crippen molar-refractivity contribution in [2.24, 2.45) is 17.8 Å². The van der Waals surface area contributed by atoms with Crippen LogP contribution in [0.2, 0.25) is 0 Å². The molecule has 3 unspecified atom stereocenters. The van der Waals surface area contributed by atoms with Gasteiger partial charge in [-0.2, -0.15) is 0 Å². The first-order chi connectivity index (χ1) is 12.0. The van der Waals surface area contributed by atoms with Crippen molar-refractivity contribution in [3.8, 4) is 0 Å². The van der Waals surface area contributed by atoms with Crippen molar-refractivity contribution >= 4 is 11.9 Å². The number of rotatable bonds is 15. The molecule has 5 heteroatoms. The molecule has 0 saturated carbocycles. The third-order valence-corrected chi connectivity index (χ3v) is 4.90. The molecule has 0 aromatic rings. The SMILES string of the molecule is CCCCC(CC)COC(=O)CC(C)C(=O)OCC(CC)CCCC.[Ag+]. The van der Waals surface area contributed by atoms with Gasteiger partial charge in [0.2, 0.25) is 0 Å². The van der Waals surface area contributed by atoms with Crippen molar-refractivity contribution in [2.75, 3.05) is 13.2 Å². The molecule has 0 aromatic carbocycles. The quantitative estimate of drug-likeness (QED) is 0.236. The van der Waals surface area contributed by atoms with Crippen molar-refractivity contribution in [3.63, 3.8) is 0 Å². The number of carbonyl (C=O) groups excluding carboxylic acids is 2. The van der Waals surface area contributed by atoms with Gasteiger partial charge in [-0.1, -0.05) is 73.1 Å². The Morgan fingerprint density at radius 2 is 1.27 bits per heavy atom. The molecule has 0 bridgehead atoms. The molecule has 0 spiro atoms. The molecule has 26 heavy (non-hydrogen) atoms. The van der Waals surface area contributed by atoms with Crippen LogP contribution in [0.15, 0.2) is 0 Å². The minimum atomic E-state index is -0.438. The molecule has 0 aliphatic carbocycles. The molecule has 0 rings (SSSR count). The van der Waals surface area contributed by atoms with E-state index in [9.17, 15) is 9.59 Å². The van der Waals surface area contributed by atoms with E-state index >= 15 is 0 Å². The van der Waals surface area contributed by atoms with Crippen LogP contribution in [0, 0.1) is 17.8 Å². The molecule has 4 nitrogen and oxygen atoms in total. The number of hydrogen-bond donors (Lipinski definition) is 0. The fraction of sp³-hybridized carbons (Fsp3) is 0.905. The Bertz CT molecular complexity index is 360. The Morgan fingerprint density at radius 1 is 0.808 bits per heavy atom. The van der Waals surface area contributed by atoms with Gasteiger partial charge in [0.1, 0.15) is 0 Å². The fourth-order valence-corrected chi connectivity index (χ4v) is 2.74. The van der Waals surface area contributed by atoms with Gasteiger partial charge in [-0.05, 0) is 24.7 Å². The Labute approximate surface area is 176 Å². The van der Waals surface area contributed by atoms with Gasteiger partial charge >= 0.3 is 34.3 Å². The molecule has 0 radical (unpaired) electrons. The number of ether oxygens (including phenoxy) is 2. The van der Waals surface area contributed by atoms with Gasteiger partial charge in [-0.25, -0.2) is 0 Å². The van der Waals surface area contributed by atoms with Crippen molar-refractivity contribution in [3.05, 3.63) is 0 Å². The van der Waals surface area contributed by atoms with Crippen LogP contribution >= 0.6 is 0 Å². The molecule has 0 aliphatic rings. The zero-order valence-corrected chi connectivity index (χ0v) is 18.9. The first-order valence-corrected chi connectivity index (χ1v) is 10.3. The van der Waals surface area contributed by atoms with Gasteiger partial charge in [0, 0.05) is 0 Å². The topological polar surface area (TPSA) is 52.6 Å². The maximum atomic E-state index is 12.1. The zero-order valence-electron chi connectivity index (χ0n) is 17.4. The summed E-state index contributed by atoms with van der Waals surface area (Å²) in [7, 11) is 0. The Kier molecular flexibility index (Phi) is 19.4. The van der Waals surface area contributed by atoms with E-state index in [-0.39, 0.29) is 40.7 Å². The summed E-state index contributed by atoms with van der Waals surface area (Å²) in [6, 6.07) is 0. The van der Waals surface area contributed by atoms with E-state index in [1.165, 1.54) is 0 Å². The Morgan fingerprint density at radius 3 is 1.69 bits per heavy atom. The molecule has 0 amide bonds. The van der Waals surface area contributed by atoms with Crippen LogP contribution in [0.3, 0.4) is 0 Å². The van der Waals surface area contributed by atoms with E-state index in [4.69, 9.17) is 9.47 Å². The van der Waals surface area contributed by atoms with Crippen molar-refractivity contribution in [2.45, 2.75) is 92.4 Å². The summed E-state index contributed by atoms with van der Waals surface area (Å²) >= 11 is 0. The summed E-state index contributed by atoms with van der Waals surface area (Å²) < 4.78 is 10.8. The minimum absolute atomic E-state index is 0. The van der Waals surface area contributed by atoms with Crippen molar-refractivity contribution in [1.82, 2.24) is 0 Å². The third kappa shape index (κ3) is 13.8. The summed E-state index contributed by atoms with van der Waals surface area (Å²) in [4.78, 5) is 24.0. The van der Waals surface area contributed by atoms with Crippen LogP contribution in [0.1, 0.15) is 92.4 Å². The second-order valence-corrected chi connectivity index (χ2v) is 7.25. The van der Waals surface area contributed by atoms with E-state index in [1.807, 2.05) is 0 Å². The summed E-state index contributed by atoms with van der Waals surface area (Å²) in [5.74, 6) is -0.170. The number of esters is 2. The van der Waals surface area contributed by atoms with Gasteiger partial charge < -0.3 is 9.47 Å². The molecule has 0 heterocycles. The van der Waals surface area contributed by atoms with Crippen molar-refractivity contribution in [1.29, 1.82) is 0 Å². The first kappa shape index (κ1) is 27.9.